The largest absolute Gasteiger partial charge is 0.594 e. The Kier molecular flexibility index (Phi) is 4.54. The van der Waals surface area contributed by atoms with E-state index in [9.17, 15) is 4.79 Å². The number of ether oxygens (including phenoxy) is 1. The lowest BCUT2D eigenvalue weighted by atomic mass is 10.2. The first-order chi connectivity index (χ1) is 7.18. The van der Waals surface area contributed by atoms with Crippen LogP contribution in [0.25, 0.3) is 0 Å². The van der Waals surface area contributed by atoms with Gasteiger partial charge in [-0.05, 0) is 5.56 Å². The Bertz CT molecular complexity index is 331. The van der Waals surface area contributed by atoms with E-state index in [2.05, 4.69) is 4.99 Å². The first-order valence-electron chi connectivity index (χ1n) is 4.99. The molecule has 0 spiro atoms. The minimum atomic E-state index is -0.410. The van der Waals surface area contributed by atoms with E-state index in [0.717, 1.165) is 5.56 Å². The van der Waals surface area contributed by atoms with Gasteiger partial charge in [-0.15, -0.1) is 4.99 Å². The van der Waals surface area contributed by atoms with Crippen LogP contribution in [0.1, 0.15) is 19.4 Å². The third-order valence-electron chi connectivity index (χ3n) is 1.75. The first-order valence-corrected chi connectivity index (χ1v) is 4.99. The van der Waals surface area contributed by atoms with Crippen molar-refractivity contribution in [2.75, 3.05) is 0 Å². The van der Waals surface area contributed by atoms with Gasteiger partial charge in [0, 0.05) is 5.92 Å². The Hall–Kier alpha value is -1.64. The molecule has 1 N–H and O–H groups in total. The number of hydrogen-bond acceptors (Lipinski definition) is 2. The molecule has 0 bridgehead atoms. The third kappa shape index (κ3) is 4.96. The van der Waals surface area contributed by atoms with Gasteiger partial charge in [-0.3, -0.25) is 0 Å². The topological polar surface area (TPSA) is 40.3 Å². The van der Waals surface area contributed by atoms with Crippen molar-refractivity contribution in [2.24, 2.45) is 5.92 Å². The van der Waals surface area contributed by atoms with Crippen molar-refractivity contribution in [1.29, 1.82) is 0 Å². The molecule has 0 atom stereocenters. The summed E-state index contributed by atoms with van der Waals surface area (Å²) in [6.45, 7) is 4.27. The van der Waals surface area contributed by atoms with Crippen molar-refractivity contribution in [3.63, 3.8) is 0 Å². The predicted molar refractivity (Wildman–Crippen MR) is 58.5 cm³/mol. The highest BCUT2D eigenvalue weighted by atomic mass is 16.5. The standard InChI is InChI=1S/C12H15NO2/c1-10(2)8-13-12(14)15-9-11-6-4-3-5-7-11/h3-8,10H,9H2,1-2H3/p+1. The molecule has 0 fully saturated rings. The molecule has 0 radical (unpaired) electrons. The van der Waals surface area contributed by atoms with E-state index in [1.807, 2.05) is 44.2 Å². The number of carbonyl (C=O) groups is 1. The highest BCUT2D eigenvalue weighted by Crippen LogP contribution is 1.99. The Morgan fingerprint density at radius 3 is 2.67 bits per heavy atom. The van der Waals surface area contributed by atoms with Gasteiger partial charge in [-0.2, -0.15) is 4.79 Å². The van der Waals surface area contributed by atoms with E-state index >= 15 is 0 Å². The lowest BCUT2D eigenvalue weighted by Gasteiger charge is -1.97. The summed E-state index contributed by atoms with van der Waals surface area (Å²) in [5.74, 6) is 0.314. The normalized spacial score (nSPS) is 10.9. The van der Waals surface area contributed by atoms with E-state index in [-0.39, 0.29) is 0 Å². The van der Waals surface area contributed by atoms with Crippen molar-refractivity contribution < 1.29 is 14.5 Å². The van der Waals surface area contributed by atoms with Crippen LogP contribution in [-0.4, -0.2) is 12.3 Å². The molecule has 0 aliphatic rings. The molecule has 3 nitrogen and oxygen atoms in total. The average Bonchev–Trinajstić information content (AvgIpc) is 2.25. The van der Waals surface area contributed by atoms with Crippen LogP contribution in [0.15, 0.2) is 30.3 Å². The molecule has 1 aromatic carbocycles. The second-order valence-electron chi connectivity index (χ2n) is 3.62. The average molecular weight is 206 g/mol. The van der Waals surface area contributed by atoms with Gasteiger partial charge in [0.05, 0.1) is 0 Å². The fourth-order valence-corrected chi connectivity index (χ4v) is 0.999. The summed E-state index contributed by atoms with van der Waals surface area (Å²) in [4.78, 5) is 13.7. The zero-order chi connectivity index (χ0) is 11.1. The Balaban J connectivity index is 2.35. The number of amides is 1. The molecule has 0 unspecified atom stereocenters. The van der Waals surface area contributed by atoms with E-state index < -0.39 is 6.09 Å². The molecule has 3 heteroatoms. The summed E-state index contributed by atoms with van der Waals surface area (Å²) in [5, 5.41) is 0. The van der Waals surface area contributed by atoms with Gasteiger partial charge in [0.1, 0.15) is 6.61 Å². The third-order valence-corrected chi connectivity index (χ3v) is 1.75. The molecule has 0 aliphatic heterocycles. The van der Waals surface area contributed by atoms with E-state index in [4.69, 9.17) is 4.74 Å². The van der Waals surface area contributed by atoms with Gasteiger partial charge in [-0.1, -0.05) is 44.2 Å². The van der Waals surface area contributed by atoms with Crippen LogP contribution >= 0.6 is 0 Å². The molecule has 1 rings (SSSR count). The Morgan fingerprint density at radius 2 is 2.07 bits per heavy atom. The van der Waals surface area contributed by atoms with Crippen LogP contribution in [0.2, 0.25) is 0 Å². The minimum absolute atomic E-state index is 0.304. The molecule has 1 amide bonds. The molecule has 0 saturated heterocycles. The van der Waals surface area contributed by atoms with Crippen LogP contribution in [0.3, 0.4) is 0 Å². The zero-order valence-corrected chi connectivity index (χ0v) is 9.07. The molecule has 80 valence electrons. The maximum atomic E-state index is 11.2. The number of carbonyl (C=O) groups excluding carboxylic acids is 1. The van der Waals surface area contributed by atoms with Gasteiger partial charge in [0.25, 0.3) is 0 Å². The van der Waals surface area contributed by atoms with E-state index in [1.54, 1.807) is 6.21 Å². The van der Waals surface area contributed by atoms with Gasteiger partial charge in [0.15, 0.2) is 6.21 Å². The van der Waals surface area contributed by atoms with Gasteiger partial charge >= 0.3 is 6.09 Å². The van der Waals surface area contributed by atoms with Crippen molar-refractivity contribution in [2.45, 2.75) is 20.5 Å². The minimum Gasteiger partial charge on any atom is -0.407 e. The highest BCUT2D eigenvalue weighted by molar-refractivity contribution is 5.63. The molecule has 0 aliphatic carbocycles. The summed E-state index contributed by atoms with van der Waals surface area (Å²) in [5.41, 5.74) is 0.984. The number of rotatable bonds is 3. The summed E-state index contributed by atoms with van der Waals surface area (Å²) < 4.78 is 5.00. The fourth-order valence-electron chi connectivity index (χ4n) is 0.999. The Labute approximate surface area is 89.8 Å². The summed E-state index contributed by atoms with van der Waals surface area (Å²) in [6.07, 6.45) is 1.29. The molecular formula is C12H16NO2+. The van der Waals surface area contributed by atoms with Crippen LogP contribution in [0.4, 0.5) is 4.79 Å². The highest BCUT2D eigenvalue weighted by Gasteiger charge is 2.06. The maximum absolute atomic E-state index is 11.2. The van der Waals surface area contributed by atoms with E-state index in [1.165, 1.54) is 0 Å². The second-order valence-corrected chi connectivity index (χ2v) is 3.62. The number of hydrogen-bond donors (Lipinski definition) is 1. The predicted octanol–water partition coefficient (Wildman–Crippen LogP) is 1.13. The van der Waals surface area contributed by atoms with Crippen LogP contribution in [0.5, 0.6) is 0 Å². The zero-order valence-electron chi connectivity index (χ0n) is 9.07. The maximum Gasteiger partial charge on any atom is 0.594 e. The number of benzene rings is 1. The quantitative estimate of drug-likeness (QED) is 0.753. The smallest absolute Gasteiger partial charge is 0.407 e. The fraction of sp³-hybridized carbons (Fsp3) is 0.333. The lowest BCUT2D eigenvalue weighted by molar-refractivity contribution is -0.366. The van der Waals surface area contributed by atoms with Gasteiger partial charge in [0.2, 0.25) is 0 Å². The molecule has 0 heterocycles. The van der Waals surface area contributed by atoms with E-state index in [0.29, 0.717) is 12.5 Å². The van der Waals surface area contributed by atoms with Crippen molar-refractivity contribution in [3.05, 3.63) is 35.9 Å². The molecular weight excluding hydrogens is 190 g/mol. The number of nitrogens with one attached hydrogen (secondary N) is 1. The summed E-state index contributed by atoms with van der Waals surface area (Å²) >= 11 is 0. The Morgan fingerprint density at radius 1 is 1.40 bits per heavy atom. The molecule has 1 aromatic rings. The monoisotopic (exact) mass is 206 g/mol. The van der Waals surface area contributed by atoms with Crippen molar-refractivity contribution >= 4 is 12.3 Å². The van der Waals surface area contributed by atoms with Crippen LogP contribution in [-0.2, 0) is 11.3 Å². The van der Waals surface area contributed by atoms with Crippen molar-refractivity contribution in [3.8, 4) is 0 Å². The molecule has 15 heavy (non-hydrogen) atoms. The second kappa shape index (κ2) is 5.96. The first kappa shape index (κ1) is 11.4. The molecule has 0 aromatic heterocycles. The van der Waals surface area contributed by atoms with Gasteiger partial charge in [-0.25, -0.2) is 0 Å². The van der Waals surface area contributed by atoms with Crippen LogP contribution in [0, 0.1) is 5.92 Å². The summed E-state index contributed by atoms with van der Waals surface area (Å²) in [7, 11) is 0. The SMILES string of the molecule is CC(C)C=[NH+]C(=O)OCc1ccccc1. The van der Waals surface area contributed by atoms with Crippen LogP contribution < -0.4 is 4.99 Å². The summed E-state index contributed by atoms with van der Waals surface area (Å²) in [6, 6.07) is 9.59. The van der Waals surface area contributed by atoms with Gasteiger partial charge < -0.3 is 4.74 Å². The molecule has 0 saturated carbocycles. The van der Waals surface area contributed by atoms with Crippen molar-refractivity contribution in [1.82, 2.24) is 0 Å². The lowest BCUT2D eigenvalue weighted by Crippen LogP contribution is -2.74.